The first kappa shape index (κ1) is 17.5. The predicted octanol–water partition coefficient (Wildman–Crippen LogP) is 3.78. The van der Waals surface area contributed by atoms with Crippen molar-refractivity contribution >= 4 is 5.91 Å². The van der Waals surface area contributed by atoms with Gasteiger partial charge in [0, 0.05) is 6.04 Å². The maximum absolute atomic E-state index is 12.8. The molecule has 1 aliphatic rings. The van der Waals surface area contributed by atoms with Crippen LogP contribution < -0.4 is 5.32 Å². The van der Waals surface area contributed by atoms with Crippen molar-refractivity contribution in [3.8, 4) is 0 Å². The first-order chi connectivity index (χ1) is 9.42. The van der Waals surface area contributed by atoms with Gasteiger partial charge in [0.2, 0.25) is 5.91 Å². The van der Waals surface area contributed by atoms with Crippen LogP contribution in [0.25, 0.3) is 0 Å². The van der Waals surface area contributed by atoms with Crippen LogP contribution in [0.5, 0.6) is 0 Å². The van der Waals surface area contributed by atoms with Gasteiger partial charge in [0.25, 0.3) is 0 Å². The van der Waals surface area contributed by atoms with E-state index in [0.717, 1.165) is 32.1 Å². The summed E-state index contributed by atoms with van der Waals surface area (Å²) in [6.45, 7) is 13.3. The van der Waals surface area contributed by atoms with Crippen molar-refractivity contribution in [1.82, 2.24) is 10.2 Å². The van der Waals surface area contributed by atoms with E-state index >= 15 is 0 Å². The predicted molar refractivity (Wildman–Crippen MR) is 85.5 cm³/mol. The minimum absolute atomic E-state index is 0.0477. The minimum Gasteiger partial charge on any atom is -0.323 e. The van der Waals surface area contributed by atoms with E-state index in [0.29, 0.717) is 23.8 Å². The van der Waals surface area contributed by atoms with E-state index in [9.17, 15) is 4.79 Å². The molecule has 3 nitrogen and oxygen atoms in total. The van der Waals surface area contributed by atoms with Crippen molar-refractivity contribution in [1.29, 1.82) is 0 Å². The lowest BCUT2D eigenvalue weighted by atomic mass is 9.98. The molecule has 1 saturated heterocycles. The van der Waals surface area contributed by atoms with E-state index in [1.165, 1.54) is 0 Å². The van der Waals surface area contributed by atoms with Crippen LogP contribution in [0.1, 0.15) is 73.6 Å². The van der Waals surface area contributed by atoms with Crippen LogP contribution in [0.4, 0.5) is 0 Å². The smallest absolute Gasteiger partial charge is 0.241 e. The van der Waals surface area contributed by atoms with E-state index in [2.05, 4.69) is 51.8 Å². The molecular weight excluding hydrogens is 248 g/mol. The lowest BCUT2D eigenvalue weighted by molar-refractivity contribution is -0.133. The topological polar surface area (TPSA) is 32.3 Å². The first-order valence-corrected chi connectivity index (χ1v) is 8.50. The number of hydrogen-bond donors (Lipinski definition) is 1. The van der Waals surface area contributed by atoms with Crippen molar-refractivity contribution in [3.05, 3.63) is 0 Å². The average molecular weight is 282 g/mol. The molecule has 0 radical (unpaired) electrons. The Morgan fingerprint density at radius 2 is 1.85 bits per heavy atom. The van der Waals surface area contributed by atoms with Crippen molar-refractivity contribution in [2.24, 2.45) is 11.8 Å². The quantitative estimate of drug-likeness (QED) is 0.734. The number of hydrogen-bond acceptors (Lipinski definition) is 2. The van der Waals surface area contributed by atoms with Gasteiger partial charge in [0.05, 0.1) is 12.2 Å². The van der Waals surface area contributed by atoms with Crippen LogP contribution in [0.2, 0.25) is 0 Å². The van der Waals surface area contributed by atoms with Gasteiger partial charge in [-0.25, -0.2) is 0 Å². The van der Waals surface area contributed by atoms with Crippen LogP contribution >= 0.6 is 0 Å². The fraction of sp³-hybridized carbons (Fsp3) is 0.941. The Balaban J connectivity index is 2.86. The van der Waals surface area contributed by atoms with Crippen LogP contribution in [-0.4, -0.2) is 29.1 Å². The summed E-state index contributed by atoms with van der Waals surface area (Å²) in [5, 5.41) is 3.60. The van der Waals surface area contributed by atoms with Gasteiger partial charge < -0.3 is 4.90 Å². The molecular formula is C17H34N2O. The van der Waals surface area contributed by atoms with Crippen molar-refractivity contribution in [2.75, 3.05) is 0 Å². The number of carbonyl (C=O) groups excluding carboxylic acids is 1. The summed E-state index contributed by atoms with van der Waals surface area (Å²) >= 11 is 0. The number of amides is 1. The van der Waals surface area contributed by atoms with Crippen LogP contribution in [0, 0.1) is 11.8 Å². The van der Waals surface area contributed by atoms with Crippen LogP contribution in [0.15, 0.2) is 0 Å². The van der Waals surface area contributed by atoms with Gasteiger partial charge >= 0.3 is 0 Å². The zero-order valence-corrected chi connectivity index (χ0v) is 14.3. The Morgan fingerprint density at radius 1 is 1.20 bits per heavy atom. The molecule has 3 unspecified atom stereocenters. The summed E-state index contributed by atoms with van der Waals surface area (Å²) in [7, 11) is 0. The van der Waals surface area contributed by atoms with Gasteiger partial charge in [0.1, 0.15) is 0 Å². The summed E-state index contributed by atoms with van der Waals surface area (Å²) in [6, 6.07) is 0.414. The van der Waals surface area contributed by atoms with Gasteiger partial charge in [0.15, 0.2) is 0 Å². The molecule has 1 aliphatic heterocycles. The zero-order chi connectivity index (χ0) is 15.3. The molecule has 1 fully saturated rings. The molecule has 0 aromatic rings. The molecule has 1 rings (SSSR count). The fourth-order valence-electron chi connectivity index (χ4n) is 3.34. The monoisotopic (exact) mass is 282 g/mol. The number of nitrogens with zero attached hydrogens (tertiary/aromatic N) is 1. The number of nitrogens with one attached hydrogen (secondary N) is 1. The summed E-state index contributed by atoms with van der Waals surface area (Å²) in [5.74, 6) is 1.47. The Hall–Kier alpha value is -0.570. The second kappa shape index (κ2) is 8.02. The Bertz CT molecular complexity index is 301. The van der Waals surface area contributed by atoms with Crippen molar-refractivity contribution < 1.29 is 4.79 Å². The fourth-order valence-corrected chi connectivity index (χ4v) is 3.34. The maximum atomic E-state index is 12.8. The van der Waals surface area contributed by atoms with E-state index in [4.69, 9.17) is 0 Å². The molecule has 0 aromatic carbocycles. The number of rotatable bonds is 8. The molecule has 20 heavy (non-hydrogen) atoms. The van der Waals surface area contributed by atoms with E-state index in [-0.39, 0.29) is 12.2 Å². The molecule has 0 bridgehead atoms. The third kappa shape index (κ3) is 4.21. The normalized spacial score (nSPS) is 25.0. The van der Waals surface area contributed by atoms with E-state index in [1.54, 1.807) is 0 Å². The molecule has 1 amide bonds. The average Bonchev–Trinajstić information content (AvgIpc) is 2.65. The Morgan fingerprint density at radius 3 is 2.30 bits per heavy atom. The van der Waals surface area contributed by atoms with Crippen LogP contribution in [0.3, 0.4) is 0 Å². The number of unbranched alkanes of at least 4 members (excludes halogenated alkanes) is 1. The number of carbonyl (C=O) groups is 1. The summed E-state index contributed by atoms with van der Waals surface area (Å²) in [6.07, 6.45) is 5.59. The summed E-state index contributed by atoms with van der Waals surface area (Å²) in [5.41, 5.74) is 0. The second-order valence-corrected chi connectivity index (χ2v) is 6.97. The van der Waals surface area contributed by atoms with E-state index < -0.39 is 0 Å². The van der Waals surface area contributed by atoms with Crippen LogP contribution in [-0.2, 0) is 4.79 Å². The highest BCUT2D eigenvalue weighted by Crippen LogP contribution is 2.27. The lowest BCUT2D eigenvalue weighted by Crippen LogP contribution is -2.47. The molecule has 3 heteroatoms. The standard InChI is InChI=1S/C17H34N2O/c1-7-9-10-14-17(20)19(15(8-2)13(5)6)16(18-14)11-12(3)4/h12-16,18H,7-11H2,1-6H3. The second-order valence-electron chi connectivity index (χ2n) is 6.97. The van der Waals surface area contributed by atoms with Gasteiger partial charge in [-0.15, -0.1) is 0 Å². The molecule has 118 valence electrons. The Labute approximate surface area is 125 Å². The summed E-state index contributed by atoms with van der Waals surface area (Å²) in [4.78, 5) is 14.9. The van der Waals surface area contributed by atoms with Gasteiger partial charge in [-0.1, -0.05) is 54.4 Å². The Kier molecular flexibility index (Phi) is 7.01. The van der Waals surface area contributed by atoms with Gasteiger partial charge in [-0.05, 0) is 31.1 Å². The third-order valence-electron chi connectivity index (χ3n) is 4.37. The SMILES string of the molecule is CCCCC1NC(CC(C)C)N(C(CC)C(C)C)C1=O. The molecule has 3 atom stereocenters. The molecule has 1 heterocycles. The molecule has 0 aromatic heterocycles. The molecule has 0 spiro atoms. The van der Waals surface area contributed by atoms with Gasteiger partial charge in [-0.2, -0.15) is 0 Å². The highest BCUT2D eigenvalue weighted by atomic mass is 16.2. The summed E-state index contributed by atoms with van der Waals surface area (Å²) < 4.78 is 0. The molecule has 0 aliphatic carbocycles. The molecule has 0 saturated carbocycles. The van der Waals surface area contributed by atoms with E-state index in [1.807, 2.05) is 0 Å². The zero-order valence-electron chi connectivity index (χ0n) is 14.3. The van der Waals surface area contributed by atoms with Crippen molar-refractivity contribution in [2.45, 2.75) is 91.9 Å². The third-order valence-corrected chi connectivity index (χ3v) is 4.37. The highest BCUT2D eigenvalue weighted by molar-refractivity contribution is 5.84. The largest absolute Gasteiger partial charge is 0.323 e. The van der Waals surface area contributed by atoms with Gasteiger partial charge in [-0.3, -0.25) is 10.1 Å². The maximum Gasteiger partial charge on any atom is 0.241 e. The highest BCUT2D eigenvalue weighted by Gasteiger charge is 2.42. The van der Waals surface area contributed by atoms with Crippen molar-refractivity contribution in [3.63, 3.8) is 0 Å². The molecule has 1 N–H and O–H groups in total. The first-order valence-electron chi connectivity index (χ1n) is 8.50. The minimum atomic E-state index is 0.0477. The lowest BCUT2D eigenvalue weighted by Gasteiger charge is -2.35.